The second kappa shape index (κ2) is 6.07. The molecule has 1 aromatic rings. The number of fused-ring (bicyclic) bond motifs is 1. The zero-order chi connectivity index (χ0) is 15.6. The van der Waals surface area contributed by atoms with E-state index in [0.717, 1.165) is 0 Å². The number of nitrogens with one attached hydrogen (secondary N) is 1. The SMILES string of the molecule is CCOC(=O)c1[nH]c(C(=O)OCC)c2c1O[C@@H](C)[C@@H](C)O2. The van der Waals surface area contributed by atoms with Crippen molar-refractivity contribution in [3.05, 3.63) is 11.4 Å². The van der Waals surface area contributed by atoms with Crippen molar-refractivity contribution in [2.24, 2.45) is 0 Å². The van der Waals surface area contributed by atoms with E-state index in [9.17, 15) is 9.59 Å². The Morgan fingerprint density at radius 1 is 0.952 bits per heavy atom. The van der Waals surface area contributed by atoms with Crippen molar-refractivity contribution in [2.75, 3.05) is 13.2 Å². The van der Waals surface area contributed by atoms with Gasteiger partial charge in [0.05, 0.1) is 13.2 Å². The van der Waals surface area contributed by atoms with E-state index in [0.29, 0.717) is 0 Å². The van der Waals surface area contributed by atoms with Crippen LogP contribution < -0.4 is 9.47 Å². The van der Waals surface area contributed by atoms with Crippen LogP contribution in [0.3, 0.4) is 0 Å². The molecule has 7 nitrogen and oxygen atoms in total. The van der Waals surface area contributed by atoms with Gasteiger partial charge in [-0.2, -0.15) is 0 Å². The molecule has 2 rings (SSSR count). The Bertz CT molecular complexity index is 503. The maximum absolute atomic E-state index is 12.0. The fraction of sp³-hybridized carbons (Fsp3) is 0.571. The average Bonchev–Trinajstić information content (AvgIpc) is 2.78. The number of carbonyl (C=O) groups is 2. The van der Waals surface area contributed by atoms with Gasteiger partial charge in [-0.1, -0.05) is 0 Å². The highest BCUT2D eigenvalue weighted by molar-refractivity contribution is 5.99. The molecule has 21 heavy (non-hydrogen) atoms. The average molecular weight is 297 g/mol. The first-order valence-corrected chi connectivity index (χ1v) is 6.93. The first-order chi connectivity index (χ1) is 9.99. The van der Waals surface area contributed by atoms with Crippen LogP contribution >= 0.6 is 0 Å². The summed E-state index contributed by atoms with van der Waals surface area (Å²) in [6, 6.07) is 0. The van der Waals surface area contributed by atoms with Gasteiger partial charge in [0.25, 0.3) is 0 Å². The lowest BCUT2D eigenvalue weighted by atomic mass is 10.2. The Morgan fingerprint density at radius 3 is 1.67 bits per heavy atom. The predicted molar refractivity (Wildman–Crippen MR) is 72.9 cm³/mol. The molecular weight excluding hydrogens is 278 g/mol. The molecular formula is C14H19NO6. The van der Waals surface area contributed by atoms with Gasteiger partial charge >= 0.3 is 11.9 Å². The summed E-state index contributed by atoms with van der Waals surface area (Å²) in [5.74, 6) is -0.812. The van der Waals surface area contributed by atoms with Gasteiger partial charge < -0.3 is 23.9 Å². The maximum Gasteiger partial charge on any atom is 0.358 e. The Balaban J connectivity index is 2.46. The summed E-state index contributed by atoms with van der Waals surface area (Å²) in [5.41, 5.74) is 0.127. The molecule has 2 heterocycles. The van der Waals surface area contributed by atoms with Crippen LogP contribution in [0.5, 0.6) is 11.5 Å². The van der Waals surface area contributed by atoms with E-state index in [4.69, 9.17) is 18.9 Å². The standard InChI is InChI=1S/C14H19NO6/c1-5-18-13(16)9-11-12(21-8(4)7(3)20-11)10(15-9)14(17)19-6-2/h7-8,15H,5-6H2,1-4H3/t7-,8+. The minimum Gasteiger partial charge on any atom is -0.480 e. The van der Waals surface area contributed by atoms with E-state index in [-0.39, 0.29) is 48.3 Å². The van der Waals surface area contributed by atoms with Crippen molar-refractivity contribution in [3.63, 3.8) is 0 Å². The monoisotopic (exact) mass is 297 g/mol. The third-order valence-corrected chi connectivity index (χ3v) is 3.14. The largest absolute Gasteiger partial charge is 0.480 e. The highest BCUT2D eigenvalue weighted by atomic mass is 16.6. The van der Waals surface area contributed by atoms with Gasteiger partial charge in [0.15, 0.2) is 22.9 Å². The molecule has 0 saturated heterocycles. The molecule has 0 bridgehead atoms. The van der Waals surface area contributed by atoms with Crippen LogP contribution in [0, 0.1) is 0 Å². The molecule has 1 aliphatic rings. The third-order valence-electron chi connectivity index (χ3n) is 3.14. The summed E-state index contributed by atoms with van der Waals surface area (Å²) in [6.45, 7) is 7.46. The van der Waals surface area contributed by atoms with E-state index >= 15 is 0 Å². The smallest absolute Gasteiger partial charge is 0.358 e. The van der Waals surface area contributed by atoms with Crippen molar-refractivity contribution in [1.29, 1.82) is 0 Å². The van der Waals surface area contributed by atoms with Gasteiger partial charge in [-0.25, -0.2) is 9.59 Å². The number of hydrogen-bond donors (Lipinski definition) is 1. The topological polar surface area (TPSA) is 86.9 Å². The second-order valence-electron chi connectivity index (χ2n) is 4.62. The Hall–Kier alpha value is -2.18. The molecule has 0 radical (unpaired) electrons. The van der Waals surface area contributed by atoms with Gasteiger partial charge in [0, 0.05) is 0 Å². The lowest BCUT2D eigenvalue weighted by molar-refractivity contribution is 0.0346. The number of ether oxygens (including phenoxy) is 4. The van der Waals surface area contributed by atoms with Crippen LogP contribution in [0.25, 0.3) is 0 Å². The molecule has 0 unspecified atom stereocenters. The summed E-state index contributed by atoms with van der Waals surface area (Å²) in [4.78, 5) is 26.6. The Morgan fingerprint density at radius 2 is 1.33 bits per heavy atom. The van der Waals surface area contributed by atoms with Crippen molar-refractivity contribution >= 4 is 11.9 Å². The van der Waals surface area contributed by atoms with E-state index in [2.05, 4.69) is 4.98 Å². The summed E-state index contributed by atoms with van der Waals surface area (Å²) in [5, 5.41) is 0. The maximum atomic E-state index is 12.0. The molecule has 1 N–H and O–H groups in total. The van der Waals surface area contributed by atoms with E-state index < -0.39 is 11.9 Å². The number of aromatic nitrogens is 1. The lowest BCUT2D eigenvalue weighted by Gasteiger charge is -2.28. The molecule has 0 saturated carbocycles. The number of carbonyl (C=O) groups excluding carboxylic acids is 2. The third kappa shape index (κ3) is 2.81. The molecule has 0 aliphatic carbocycles. The highest BCUT2D eigenvalue weighted by Gasteiger charge is 2.36. The normalized spacial score (nSPS) is 20.0. The van der Waals surface area contributed by atoms with Crippen LogP contribution in [-0.2, 0) is 9.47 Å². The van der Waals surface area contributed by atoms with Gasteiger partial charge in [-0.3, -0.25) is 0 Å². The minimum atomic E-state index is -0.602. The molecule has 2 atom stereocenters. The molecule has 0 aromatic carbocycles. The zero-order valence-electron chi connectivity index (χ0n) is 12.5. The van der Waals surface area contributed by atoms with E-state index in [1.54, 1.807) is 13.8 Å². The number of rotatable bonds is 4. The predicted octanol–water partition coefficient (Wildman–Crippen LogP) is 1.92. The highest BCUT2D eigenvalue weighted by Crippen LogP contribution is 2.41. The molecule has 7 heteroatoms. The van der Waals surface area contributed by atoms with Crippen molar-refractivity contribution in [3.8, 4) is 11.5 Å². The lowest BCUT2D eigenvalue weighted by Crippen LogP contribution is -2.35. The number of H-pyrrole nitrogens is 1. The van der Waals surface area contributed by atoms with Gasteiger partial charge in [-0.05, 0) is 27.7 Å². The molecule has 116 valence electrons. The minimum absolute atomic E-state index is 0.0636. The summed E-state index contributed by atoms with van der Waals surface area (Å²) in [7, 11) is 0. The Labute approximate surface area is 122 Å². The van der Waals surface area contributed by atoms with Crippen LogP contribution in [0.2, 0.25) is 0 Å². The first kappa shape index (κ1) is 15.2. The fourth-order valence-electron chi connectivity index (χ4n) is 1.95. The summed E-state index contributed by atoms with van der Waals surface area (Å²) < 4.78 is 21.3. The van der Waals surface area contributed by atoms with Gasteiger partial charge in [0.2, 0.25) is 0 Å². The number of hydrogen-bond acceptors (Lipinski definition) is 6. The van der Waals surface area contributed by atoms with Gasteiger partial charge in [0.1, 0.15) is 12.2 Å². The van der Waals surface area contributed by atoms with Crippen molar-refractivity contribution < 1.29 is 28.5 Å². The van der Waals surface area contributed by atoms with Crippen LogP contribution in [0.1, 0.15) is 48.7 Å². The second-order valence-corrected chi connectivity index (χ2v) is 4.62. The molecule has 0 fully saturated rings. The zero-order valence-corrected chi connectivity index (χ0v) is 12.5. The molecule has 0 spiro atoms. The van der Waals surface area contributed by atoms with Crippen LogP contribution in [0.15, 0.2) is 0 Å². The van der Waals surface area contributed by atoms with Crippen molar-refractivity contribution in [2.45, 2.75) is 39.9 Å². The number of esters is 2. The Kier molecular flexibility index (Phi) is 4.40. The summed E-state index contributed by atoms with van der Waals surface area (Å²) in [6.07, 6.45) is -0.506. The molecule has 1 aromatic heterocycles. The first-order valence-electron chi connectivity index (χ1n) is 6.93. The van der Waals surface area contributed by atoms with Crippen LogP contribution in [-0.4, -0.2) is 42.3 Å². The van der Waals surface area contributed by atoms with Crippen LogP contribution in [0.4, 0.5) is 0 Å². The molecule has 0 amide bonds. The quantitative estimate of drug-likeness (QED) is 0.854. The van der Waals surface area contributed by atoms with E-state index in [1.165, 1.54) is 0 Å². The summed E-state index contributed by atoms with van der Waals surface area (Å²) >= 11 is 0. The molecule has 1 aliphatic heterocycles. The fourth-order valence-corrected chi connectivity index (χ4v) is 1.95. The van der Waals surface area contributed by atoms with Crippen molar-refractivity contribution in [1.82, 2.24) is 4.98 Å². The number of aromatic amines is 1. The van der Waals surface area contributed by atoms with E-state index in [1.807, 2.05) is 13.8 Å². The van der Waals surface area contributed by atoms with Gasteiger partial charge in [-0.15, -0.1) is 0 Å².